The quantitative estimate of drug-likeness (QED) is 0.535. The largest absolute Gasteiger partial charge is 0.405 e. The van der Waals surface area contributed by atoms with Gasteiger partial charge in [-0.2, -0.15) is 5.26 Å². The number of carbonyl (C=O) groups excluding carboxylic acids is 1. The second kappa shape index (κ2) is 9.85. The number of nitrogens with two attached hydrogens (primary N) is 2. The Hall–Kier alpha value is -4.44. The molecule has 0 aliphatic rings. The first kappa shape index (κ1) is 21.3. The zero-order chi connectivity index (χ0) is 22.2. The Morgan fingerprint density at radius 3 is 2.71 bits per heavy atom. The number of aryl methyl sites for hydroxylation is 1. The van der Waals surface area contributed by atoms with Crippen LogP contribution in [0.2, 0.25) is 0 Å². The second-order valence-corrected chi connectivity index (χ2v) is 6.84. The lowest BCUT2D eigenvalue weighted by Crippen LogP contribution is -2.15. The Bertz CT molecular complexity index is 1190. The van der Waals surface area contributed by atoms with Gasteiger partial charge < -0.3 is 16.8 Å². The van der Waals surface area contributed by atoms with Crippen molar-refractivity contribution in [2.45, 2.75) is 13.3 Å². The lowest BCUT2D eigenvalue weighted by Gasteiger charge is -2.09. The van der Waals surface area contributed by atoms with Gasteiger partial charge in [0, 0.05) is 29.3 Å². The Morgan fingerprint density at radius 1 is 1.19 bits per heavy atom. The van der Waals surface area contributed by atoms with Gasteiger partial charge in [-0.15, -0.1) is 0 Å². The summed E-state index contributed by atoms with van der Waals surface area (Å²) in [4.78, 5) is 20.8. The van der Waals surface area contributed by atoms with E-state index in [-0.39, 0.29) is 12.3 Å². The molecule has 3 rings (SSSR count). The number of carbonyl (C=O) groups is 1. The highest BCUT2D eigenvalue weighted by Gasteiger charge is 2.10. The number of benzene rings is 1. The van der Waals surface area contributed by atoms with Gasteiger partial charge in [0.05, 0.1) is 18.1 Å². The zero-order valence-corrected chi connectivity index (χ0v) is 17.0. The van der Waals surface area contributed by atoms with Gasteiger partial charge in [-0.1, -0.05) is 12.1 Å². The Morgan fingerprint density at radius 2 is 2.03 bits per heavy atom. The van der Waals surface area contributed by atoms with Crippen molar-refractivity contribution in [3.8, 4) is 17.2 Å². The Kier molecular flexibility index (Phi) is 6.76. The first-order valence-corrected chi connectivity index (χ1v) is 9.56. The standard InChI is InChI=1S/C24H22N6O/c1-16-11-18(8-10-28-16)21-6-4-17(12-20(21)14-26)13-24(31)30-23-7-5-19(15-29-23)22(27)3-2-9-25/h2-12,15H,13,25,27H2,1H3,(H,29,30,31)/b9-2-,22-3-. The molecule has 0 aliphatic carbocycles. The van der Waals surface area contributed by atoms with Crippen molar-refractivity contribution in [3.05, 3.63) is 95.6 Å². The molecule has 1 aromatic carbocycles. The van der Waals surface area contributed by atoms with Crippen LogP contribution in [-0.2, 0) is 11.2 Å². The van der Waals surface area contributed by atoms with Gasteiger partial charge in [0.1, 0.15) is 5.82 Å². The van der Waals surface area contributed by atoms with E-state index in [1.165, 1.54) is 6.20 Å². The van der Waals surface area contributed by atoms with Crippen LogP contribution in [0.3, 0.4) is 0 Å². The van der Waals surface area contributed by atoms with Gasteiger partial charge in [-0.3, -0.25) is 9.78 Å². The van der Waals surface area contributed by atoms with Gasteiger partial charge in [0.25, 0.3) is 0 Å². The van der Waals surface area contributed by atoms with E-state index in [1.54, 1.807) is 42.7 Å². The summed E-state index contributed by atoms with van der Waals surface area (Å²) < 4.78 is 0. The molecule has 0 bridgehead atoms. The fraction of sp³-hybridized carbons (Fsp3) is 0.0833. The third-order valence-corrected chi connectivity index (χ3v) is 4.53. The Labute approximate surface area is 180 Å². The topological polar surface area (TPSA) is 131 Å². The lowest BCUT2D eigenvalue weighted by molar-refractivity contribution is -0.115. The fourth-order valence-corrected chi connectivity index (χ4v) is 3.03. The third-order valence-electron chi connectivity index (χ3n) is 4.53. The maximum Gasteiger partial charge on any atom is 0.229 e. The van der Waals surface area contributed by atoms with Crippen LogP contribution >= 0.6 is 0 Å². The normalized spacial score (nSPS) is 11.3. The number of allylic oxidation sites excluding steroid dienone is 2. The van der Waals surface area contributed by atoms with E-state index in [0.717, 1.165) is 27.9 Å². The van der Waals surface area contributed by atoms with Crippen molar-refractivity contribution in [3.63, 3.8) is 0 Å². The first-order chi connectivity index (χ1) is 15.0. The molecular weight excluding hydrogens is 388 g/mol. The summed E-state index contributed by atoms with van der Waals surface area (Å²) in [5.41, 5.74) is 16.3. The molecule has 2 aromatic heterocycles. The molecule has 0 aliphatic heterocycles. The molecule has 0 fully saturated rings. The summed E-state index contributed by atoms with van der Waals surface area (Å²) in [6.07, 6.45) is 8.09. The number of pyridine rings is 2. The van der Waals surface area contributed by atoms with Gasteiger partial charge >= 0.3 is 0 Å². The number of rotatable bonds is 6. The van der Waals surface area contributed by atoms with E-state index in [9.17, 15) is 10.1 Å². The van der Waals surface area contributed by atoms with Crippen LogP contribution in [-0.4, -0.2) is 15.9 Å². The molecule has 1 amide bonds. The summed E-state index contributed by atoms with van der Waals surface area (Å²) in [6.45, 7) is 1.90. The molecule has 0 unspecified atom stereocenters. The molecule has 0 radical (unpaired) electrons. The summed E-state index contributed by atoms with van der Waals surface area (Å²) in [6, 6.07) is 14.9. The van der Waals surface area contributed by atoms with Gasteiger partial charge in [-0.05, 0) is 72.3 Å². The highest BCUT2D eigenvalue weighted by Crippen LogP contribution is 2.25. The predicted molar refractivity (Wildman–Crippen MR) is 121 cm³/mol. The molecule has 154 valence electrons. The van der Waals surface area contributed by atoms with E-state index in [0.29, 0.717) is 17.1 Å². The van der Waals surface area contributed by atoms with Crippen molar-refractivity contribution < 1.29 is 4.79 Å². The third kappa shape index (κ3) is 5.55. The SMILES string of the molecule is Cc1cc(-c2ccc(CC(=O)Nc3ccc(/C(N)=C/C=C\N)cn3)cc2C#N)ccn1. The average molecular weight is 410 g/mol. The number of anilines is 1. The van der Waals surface area contributed by atoms with E-state index < -0.39 is 0 Å². The minimum absolute atomic E-state index is 0.122. The lowest BCUT2D eigenvalue weighted by atomic mass is 9.97. The number of nitriles is 1. The molecular formula is C24H22N6O. The number of nitrogens with zero attached hydrogens (tertiary/aromatic N) is 3. The number of hydrogen-bond acceptors (Lipinski definition) is 6. The summed E-state index contributed by atoms with van der Waals surface area (Å²) >= 11 is 0. The van der Waals surface area contributed by atoms with Crippen LogP contribution in [0.4, 0.5) is 5.82 Å². The van der Waals surface area contributed by atoms with E-state index >= 15 is 0 Å². The molecule has 5 N–H and O–H groups in total. The number of hydrogen-bond donors (Lipinski definition) is 3. The molecule has 0 spiro atoms. The summed E-state index contributed by atoms with van der Waals surface area (Å²) in [7, 11) is 0. The minimum atomic E-state index is -0.230. The molecule has 0 saturated heterocycles. The van der Waals surface area contributed by atoms with Crippen molar-refractivity contribution in [2.75, 3.05) is 5.32 Å². The van der Waals surface area contributed by atoms with Crippen LogP contribution in [0, 0.1) is 18.3 Å². The fourth-order valence-electron chi connectivity index (χ4n) is 3.03. The number of aromatic nitrogens is 2. The summed E-state index contributed by atoms with van der Waals surface area (Å²) in [5.74, 6) is 0.187. The van der Waals surface area contributed by atoms with Crippen molar-refractivity contribution >= 4 is 17.4 Å². The van der Waals surface area contributed by atoms with Gasteiger partial charge in [0.15, 0.2) is 0 Å². The van der Waals surface area contributed by atoms with Crippen LogP contribution < -0.4 is 16.8 Å². The van der Waals surface area contributed by atoms with Crippen molar-refractivity contribution in [1.82, 2.24) is 9.97 Å². The molecule has 3 aromatic rings. The maximum absolute atomic E-state index is 12.4. The minimum Gasteiger partial charge on any atom is -0.405 e. The number of nitrogens with one attached hydrogen (secondary N) is 1. The highest BCUT2D eigenvalue weighted by molar-refractivity contribution is 5.91. The van der Waals surface area contributed by atoms with Gasteiger partial charge in [0.2, 0.25) is 5.91 Å². The Balaban J connectivity index is 1.70. The van der Waals surface area contributed by atoms with Crippen LogP contribution in [0.1, 0.15) is 22.4 Å². The smallest absolute Gasteiger partial charge is 0.229 e. The maximum atomic E-state index is 12.4. The van der Waals surface area contributed by atoms with Crippen molar-refractivity contribution in [2.24, 2.45) is 11.5 Å². The first-order valence-electron chi connectivity index (χ1n) is 9.56. The monoisotopic (exact) mass is 410 g/mol. The van der Waals surface area contributed by atoms with E-state index in [4.69, 9.17) is 11.5 Å². The molecule has 0 saturated carbocycles. The zero-order valence-electron chi connectivity index (χ0n) is 17.0. The van der Waals surface area contributed by atoms with Crippen LogP contribution in [0.15, 0.2) is 73.2 Å². The highest BCUT2D eigenvalue weighted by atomic mass is 16.1. The van der Waals surface area contributed by atoms with Crippen molar-refractivity contribution in [1.29, 1.82) is 5.26 Å². The summed E-state index contributed by atoms with van der Waals surface area (Å²) in [5, 5.41) is 12.3. The van der Waals surface area contributed by atoms with Gasteiger partial charge in [-0.25, -0.2) is 4.98 Å². The van der Waals surface area contributed by atoms with E-state index in [2.05, 4.69) is 21.4 Å². The molecule has 2 heterocycles. The molecule has 7 heteroatoms. The predicted octanol–water partition coefficient (Wildman–Crippen LogP) is 3.28. The molecule has 31 heavy (non-hydrogen) atoms. The second-order valence-electron chi connectivity index (χ2n) is 6.84. The average Bonchev–Trinajstić information content (AvgIpc) is 2.77. The van der Waals surface area contributed by atoms with Crippen LogP contribution in [0.25, 0.3) is 16.8 Å². The van der Waals surface area contributed by atoms with E-state index in [1.807, 2.05) is 31.2 Å². The molecule has 0 atom stereocenters. The van der Waals surface area contributed by atoms with Crippen LogP contribution in [0.5, 0.6) is 0 Å². The molecule has 7 nitrogen and oxygen atoms in total. The number of amides is 1.